The minimum Gasteiger partial charge on any atom is -0.480 e. The van der Waals surface area contributed by atoms with E-state index in [0.717, 1.165) is 0 Å². The molecule has 0 radical (unpaired) electrons. The quantitative estimate of drug-likeness (QED) is 0.0256. The zero-order chi connectivity index (χ0) is 53.1. The number of carboxylic acid groups (broad SMARTS) is 7. The number of rotatable bonds is 38. The van der Waals surface area contributed by atoms with Crippen molar-refractivity contribution in [1.82, 2.24) is 56.0 Å². The van der Waals surface area contributed by atoms with Gasteiger partial charge in [-0.05, 0) is 38.5 Å². The summed E-state index contributed by atoms with van der Waals surface area (Å²) in [6.45, 7) is 0.534. The molecule has 29 nitrogen and oxygen atoms in total. The topological polar surface area (TPSA) is 418 Å². The number of nitrogens with zero attached hydrogens (tertiary/aromatic N) is 6. The maximum Gasteiger partial charge on any atom is 0.320 e. The lowest BCUT2D eigenvalue weighted by molar-refractivity contribution is -0.140. The summed E-state index contributed by atoms with van der Waals surface area (Å²) >= 11 is 0. The van der Waals surface area contributed by atoms with E-state index in [1.54, 1.807) is 29.4 Å². The van der Waals surface area contributed by atoms with E-state index in [9.17, 15) is 68.4 Å². The summed E-state index contributed by atoms with van der Waals surface area (Å²) in [5.41, 5.74) is 5.58. The standard InChI is InChI=1S/C42H76N12O17/c43-31(42(70)71)5-1-3-8-47-41(69)32(48-34(56)26-51-15-17-52(28-38(63)64)19-21-54(30-40(67)68)22-20-53(18-16-51)29-39(65)66)6-2-4-7-46-33(55)25-49(11-9-44-23-35(57)58)13-14-50(27-37(61)62)12-10-45-24-36(59)60/h31-32,44-45H,1-30,43H2,(H,46,55)(H,47,69)(H,48,56)(H,57,58)(H,59,60)(H,61,62)(H,63,64)(H,65,66)(H,67,68)(H,70,71). The Morgan fingerprint density at radius 2 is 0.859 bits per heavy atom. The van der Waals surface area contributed by atoms with Crippen LogP contribution in [0.4, 0.5) is 0 Å². The molecule has 0 bridgehead atoms. The van der Waals surface area contributed by atoms with Crippen LogP contribution in [0.25, 0.3) is 0 Å². The van der Waals surface area contributed by atoms with Crippen molar-refractivity contribution in [2.45, 2.75) is 50.6 Å². The van der Waals surface area contributed by atoms with Gasteiger partial charge in [-0.15, -0.1) is 0 Å². The third-order valence-corrected chi connectivity index (χ3v) is 11.0. The predicted molar refractivity (Wildman–Crippen MR) is 251 cm³/mol. The average molecular weight is 1020 g/mol. The number of unbranched alkanes of at least 4 members (excludes halogenated alkanes) is 2. The number of nitrogens with one attached hydrogen (secondary N) is 5. The van der Waals surface area contributed by atoms with E-state index >= 15 is 0 Å². The molecule has 0 aromatic heterocycles. The van der Waals surface area contributed by atoms with E-state index in [4.69, 9.17) is 21.1 Å². The molecule has 71 heavy (non-hydrogen) atoms. The van der Waals surface area contributed by atoms with Crippen LogP contribution >= 0.6 is 0 Å². The number of carbonyl (C=O) groups excluding carboxylic acids is 3. The second kappa shape index (κ2) is 37.2. The zero-order valence-electron chi connectivity index (χ0n) is 40.3. The molecule has 1 saturated heterocycles. The highest BCUT2D eigenvalue weighted by Crippen LogP contribution is 2.06. The lowest BCUT2D eigenvalue weighted by Crippen LogP contribution is -2.52. The SMILES string of the molecule is NC(CCCCNC(=O)C(CCCCNC(=O)CN(CCNCC(=O)O)CCN(CCNCC(=O)O)CC(=O)O)NC(=O)CN1CCN(CC(=O)O)CCN(CC(=O)O)CCN(CC(=O)O)CC1)C(=O)O. The predicted octanol–water partition coefficient (Wildman–Crippen LogP) is -6.03. The fraction of sp³-hybridized carbons (Fsp3) is 0.762. The van der Waals surface area contributed by atoms with E-state index in [1.165, 1.54) is 0 Å². The Bertz CT molecular complexity index is 1670. The summed E-state index contributed by atoms with van der Waals surface area (Å²) in [4.78, 5) is 130. The highest BCUT2D eigenvalue weighted by atomic mass is 16.4. The Morgan fingerprint density at radius 1 is 0.451 bits per heavy atom. The van der Waals surface area contributed by atoms with Crippen LogP contribution in [-0.4, -0.2) is 294 Å². The van der Waals surface area contributed by atoms with Crippen molar-refractivity contribution in [3.8, 4) is 0 Å². The molecule has 0 spiro atoms. The third-order valence-electron chi connectivity index (χ3n) is 11.0. The van der Waals surface area contributed by atoms with Crippen LogP contribution < -0.4 is 32.3 Å². The van der Waals surface area contributed by atoms with Gasteiger partial charge in [0.1, 0.15) is 12.1 Å². The Hall–Kier alpha value is -5.66. The number of hydrogen-bond acceptors (Lipinski definition) is 19. The summed E-state index contributed by atoms with van der Waals surface area (Å²) in [6.07, 6.45) is 1.81. The molecule has 406 valence electrons. The van der Waals surface area contributed by atoms with Gasteiger partial charge in [-0.1, -0.05) is 0 Å². The van der Waals surface area contributed by atoms with Gasteiger partial charge in [0.05, 0.1) is 52.4 Å². The largest absolute Gasteiger partial charge is 0.480 e. The van der Waals surface area contributed by atoms with E-state index in [1.807, 2.05) is 0 Å². The number of hydrogen-bond donors (Lipinski definition) is 13. The van der Waals surface area contributed by atoms with Crippen LogP contribution in [0.5, 0.6) is 0 Å². The number of amides is 3. The van der Waals surface area contributed by atoms with E-state index in [0.29, 0.717) is 25.7 Å². The Labute approximate surface area is 412 Å². The first kappa shape index (κ1) is 63.4. The van der Waals surface area contributed by atoms with Gasteiger partial charge in [-0.25, -0.2) is 0 Å². The van der Waals surface area contributed by atoms with Crippen LogP contribution in [0.2, 0.25) is 0 Å². The van der Waals surface area contributed by atoms with Crippen molar-refractivity contribution >= 4 is 59.5 Å². The summed E-state index contributed by atoms with van der Waals surface area (Å²) in [5, 5.41) is 78.7. The molecule has 1 aliphatic rings. The monoisotopic (exact) mass is 1020 g/mol. The minimum atomic E-state index is -1.15. The molecule has 2 atom stereocenters. The minimum absolute atomic E-state index is 0.130. The van der Waals surface area contributed by atoms with Crippen molar-refractivity contribution in [2.75, 3.05) is 157 Å². The van der Waals surface area contributed by atoms with Crippen LogP contribution in [-0.2, 0) is 47.9 Å². The molecule has 14 N–H and O–H groups in total. The molecule has 1 rings (SSSR count). The van der Waals surface area contributed by atoms with E-state index in [2.05, 4.69) is 26.6 Å². The first-order chi connectivity index (χ1) is 33.6. The van der Waals surface area contributed by atoms with Crippen molar-refractivity contribution < 1.29 is 83.7 Å². The zero-order valence-corrected chi connectivity index (χ0v) is 40.3. The highest BCUT2D eigenvalue weighted by Gasteiger charge is 2.25. The van der Waals surface area contributed by atoms with Crippen molar-refractivity contribution in [3.05, 3.63) is 0 Å². The lowest BCUT2D eigenvalue weighted by atomic mass is 10.1. The van der Waals surface area contributed by atoms with Crippen LogP contribution in [0.1, 0.15) is 38.5 Å². The maximum atomic E-state index is 13.7. The van der Waals surface area contributed by atoms with Gasteiger partial charge in [-0.2, -0.15) is 0 Å². The Balaban J connectivity index is 3.07. The summed E-state index contributed by atoms with van der Waals surface area (Å²) in [6, 6.07) is -2.12. The van der Waals surface area contributed by atoms with Gasteiger partial charge in [0.25, 0.3) is 0 Å². The molecule has 29 heteroatoms. The number of aliphatic carboxylic acids is 7. The Kier molecular flexibility index (Phi) is 33.2. The lowest BCUT2D eigenvalue weighted by Gasteiger charge is -2.33. The molecule has 1 heterocycles. The summed E-state index contributed by atoms with van der Waals surface area (Å²) in [7, 11) is 0. The first-order valence-corrected chi connectivity index (χ1v) is 23.5. The molecule has 0 aliphatic carbocycles. The third kappa shape index (κ3) is 34.3. The van der Waals surface area contributed by atoms with Crippen molar-refractivity contribution in [3.63, 3.8) is 0 Å². The highest BCUT2D eigenvalue weighted by molar-refractivity contribution is 5.88. The molecule has 0 aromatic rings. The van der Waals surface area contributed by atoms with Crippen molar-refractivity contribution in [1.29, 1.82) is 0 Å². The van der Waals surface area contributed by atoms with E-state index in [-0.39, 0.29) is 170 Å². The fourth-order valence-corrected chi connectivity index (χ4v) is 7.28. The molecular formula is C42H76N12O17. The molecular weight excluding hydrogens is 945 g/mol. The van der Waals surface area contributed by atoms with Gasteiger partial charge in [0, 0.05) is 105 Å². The van der Waals surface area contributed by atoms with Gasteiger partial charge in [-0.3, -0.25) is 77.3 Å². The number of carboxylic acids is 7. The maximum absolute atomic E-state index is 13.7. The second-order valence-electron chi connectivity index (χ2n) is 17.1. The van der Waals surface area contributed by atoms with E-state index < -0.39 is 71.6 Å². The smallest absolute Gasteiger partial charge is 0.320 e. The molecule has 1 aliphatic heterocycles. The number of nitrogens with two attached hydrogens (primary N) is 1. The summed E-state index contributed by atoms with van der Waals surface area (Å²) in [5.74, 6) is -9.20. The molecule has 0 aromatic carbocycles. The van der Waals surface area contributed by atoms with Crippen LogP contribution in [0.15, 0.2) is 0 Å². The summed E-state index contributed by atoms with van der Waals surface area (Å²) < 4.78 is 0. The molecule has 2 unspecified atom stereocenters. The first-order valence-electron chi connectivity index (χ1n) is 23.5. The van der Waals surface area contributed by atoms with Crippen LogP contribution in [0, 0.1) is 0 Å². The van der Waals surface area contributed by atoms with Crippen LogP contribution in [0.3, 0.4) is 0 Å². The van der Waals surface area contributed by atoms with Gasteiger partial charge < -0.3 is 68.1 Å². The van der Waals surface area contributed by atoms with Gasteiger partial charge in [0.2, 0.25) is 17.7 Å². The van der Waals surface area contributed by atoms with Gasteiger partial charge in [0.15, 0.2) is 0 Å². The fourth-order valence-electron chi connectivity index (χ4n) is 7.28. The number of carbonyl (C=O) groups is 10. The molecule has 3 amide bonds. The second-order valence-corrected chi connectivity index (χ2v) is 17.1. The average Bonchev–Trinajstić information content (AvgIpc) is 3.27. The van der Waals surface area contributed by atoms with Gasteiger partial charge >= 0.3 is 41.8 Å². The molecule has 1 fully saturated rings. The van der Waals surface area contributed by atoms with Crippen molar-refractivity contribution in [2.24, 2.45) is 5.73 Å². The normalized spacial score (nSPS) is 15.5. The Morgan fingerprint density at radius 3 is 1.27 bits per heavy atom. The molecule has 0 saturated carbocycles.